The zero-order valence-electron chi connectivity index (χ0n) is 12.6. The summed E-state index contributed by atoms with van der Waals surface area (Å²) in [5.74, 6) is -1.02. The second-order valence-corrected chi connectivity index (χ2v) is 6.61. The molecule has 1 aliphatic heterocycles. The zero-order chi connectivity index (χ0) is 15.7. The summed E-state index contributed by atoms with van der Waals surface area (Å²) in [5.41, 5.74) is 0.881. The largest absolute Gasteiger partial charge is 0.478 e. The molecule has 2 N–H and O–H groups in total. The van der Waals surface area contributed by atoms with Crippen LogP contribution >= 0.6 is 11.3 Å². The van der Waals surface area contributed by atoms with Crippen molar-refractivity contribution in [2.24, 2.45) is 0 Å². The summed E-state index contributed by atoms with van der Waals surface area (Å²) in [6, 6.07) is -0.277. The predicted molar refractivity (Wildman–Crippen MR) is 81.4 cm³/mol. The molecule has 2 heterocycles. The molecule has 21 heavy (non-hydrogen) atoms. The molecular formula is C14H20N2O4S. The van der Waals surface area contributed by atoms with E-state index in [1.807, 2.05) is 20.8 Å². The Hall–Kier alpha value is -1.60. The molecule has 0 radical (unpaired) electrons. The fraction of sp³-hybridized carbons (Fsp3) is 0.571. The van der Waals surface area contributed by atoms with Gasteiger partial charge < -0.3 is 14.7 Å². The molecular weight excluding hydrogens is 292 g/mol. The Labute approximate surface area is 127 Å². The molecule has 6 nitrogen and oxygen atoms in total. The number of rotatable bonds is 2. The minimum Gasteiger partial charge on any atom is -0.478 e. The fourth-order valence-corrected chi connectivity index (χ4v) is 3.53. The molecule has 2 amide bonds. The van der Waals surface area contributed by atoms with E-state index in [0.29, 0.717) is 23.7 Å². The van der Waals surface area contributed by atoms with Gasteiger partial charge in [-0.3, -0.25) is 5.32 Å². The van der Waals surface area contributed by atoms with Gasteiger partial charge in [-0.25, -0.2) is 9.59 Å². The molecule has 2 atom stereocenters. The second kappa shape index (κ2) is 6.03. The third-order valence-electron chi connectivity index (χ3n) is 3.53. The van der Waals surface area contributed by atoms with E-state index >= 15 is 0 Å². The van der Waals surface area contributed by atoms with Gasteiger partial charge in [-0.15, -0.1) is 11.3 Å². The Morgan fingerprint density at radius 2 is 1.86 bits per heavy atom. The average molecular weight is 312 g/mol. The first-order valence-electron chi connectivity index (χ1n) is 6.84. The Morgan fingerprint density at radius 3 is 2.38 bits per heavy atom. The number of anilines is 1. The van der Waals surface area contributed by atoms with Crippen LogP contribution in [0.15, 0.2) is 0 Å². The number of carboxylic acids is 1. The summed E-state index contributed by atoms with van der Waals surface area (Å²) in [4.78, 5) is 26.2. The number of carbonyl (C=O) groups is 2. The van der Waals surface area contributed by atoms with E-state index in [2.05, 4.69) is 5.32 Å². The summed E-state index contributed by atoms with van der Waals surface area (Å²) < 4.78 is 5.59. The van der Waals surface area contributed by atoms with Crippen molar-refractivity contribution in [3.05, 3.63) is 16.0 Å². The number of urea groups is 1. The summed E-state index contributed by atoms with van der Waals surface area (Å²) in [5, 5.41) is 12.4. The monoisotopic (exact) mass is 312 g/mol. The van der Waals surface area contributed by atoms with Crippen LogP contribution in [0.25, 0.3) is 0 Å². The smallest absolute Gasteiger partial charge is 0.338 e. The maximum atomic E-state index is 12.3. The van der Waals surface area contributed by atoms with Crippen molar-refractivity contribution in [3.8, 4) is 0 Å². The highest BCUT2D eigenvalue weighted by atomic mass is 32.1. The summed E-state index contributed by atoms with van der Waals surface area (Å²) in [6.45, 7) is 8.44. The highest BCUT2D eigenvalue weighted by Gasteiger charge is 2.28. The third-order valence-corrected chi connectivity index (χ3v) is 4.65. The van der Waals surface area contributed by atoms with Crippen LogP contribution in [-0.2, 0) is 4.74 Å². The molecule has 0 aliphatic carbocycles. The van der Waals surface area contributed by atoms with Gasteiger partial charge in [-0.1, -0.05) is 0 Å². The molecule has 1 aliphatic rings. The summed E-state index contributed by atoms with van der Waals surface area (Å²) in [6.07, 6.45) is -0.0458. The minimum absolute atomic E-state index is 0.0229. The number of aryl methyl sites for hydroxylation is 1. The fourth-order valence-electron chi connectivity index (χ4n) is 2.49. The number of amides is 2. The van der Waals surface area contributed by atoms with E-state index in [1.54, 1.807) is 11.8 Å². The Kier molecular flexibility index (Phi) is 4.53. The first-order chi connectivity index (χ1) is 9.79. The van der Waals surface area contributed by atoms with Gasteiger partial charge in [0.2, 0.25) is 0 Å². The number of carboxylic acid groups (broad SMARTS) is 1. The van der Waals surface area contributed by atoms with Crippen molar-refractivity contribution in [1.82, 2.24) is 4.90 Å². The van der Waals surface area contributed by atoms with Crippen LogP contribution in [0.1, 0.15) is 34.6 Å². The maximum absolute atomic E-state index is 12.3. The van der Waals surface area contributed by atoms with Gasteiger partial charge in [-0.2, -0.15) is 0 Å². The third kappa shape index (κ3) is 3.36. The Morgan fingerprint density at radius 1 is 1.29 bits per heavy atom. The Balaban J connectivity index is 2.16. The van der Waals surface area contributed by atoms with Crippen LogP contribution in [0.4, 0.5) is 9.80 Å². The second-order valence-electron chi connectivity index (χ2n) is 5.38. The first-order valence-corrected chi connectivity index (χ1v) is 7.66. The number of hydrogen-bond acceptors (Lipinski definition) is 4. The lowest BCUT2D eigenvalue weighted by molar-refractivity contribution is -0.0530. The van der Waals surface area contributed by atoms with E-state index in [1.165, 1.54) is 11.3 Å². The number of morpholine rings is 1. The topological polar surface area (TPSA) is 78.9 Å². The molecule has 1 saturated heterocycles. The van der Waals surface area contributed by atoms with Crippen LogP contribution in [0.3, 0.4) is 0 Å². The molecule has 0 saturated carbocycles. The molecule has 1 aromatic heterocycles. The lowest BCUT2D eigenvalue weighted by atomic mass is 10.1. The van der Waals surface area contributed by atoms with Crippen LogP contribution in [-0.4, -0.2) is 47.3 Å². The van der Waals surface area contributed by atoms with Crippen LogP contribution in [0, 0.1) is 13.8 Å². The highest BCUT2D eigenvalue weighted by Crippen LogP contribution is 2.32. The molecule has 0 unspecified atom stereocenters. The van der Waals surface area contributed by atoms with E-state index in [9.17, 15) is 14.7 Å². The van der Waals surface area contributed by atoms with Crippen LogP contribution in [0.2, 0.25) is 0 Å². The van der Waals surface area contributed by atoms with Crippen LogP contribution in [0.5, 0.6) is 0 Å². The summed E-state index contributed by atoms with van der Waals surface area (Å²) in [7, 11) is 0. The van der Waals surface area contributed by atoms with Crippen molar-refractivity contribution >= 4 is 28.3 Å². The quantitative estimate of drug-likeness (QED) is 0.880. The van der Waals surface area contributed by atoms with Crippen molar-refractivity contribution in [1.29, 1.82) is 0 Å². The van der Waals surface area contributed by atoms with Gasteiger partial charge in [0.05, 0.1) is 17.8 Å². The standard InChI is InChI=1S/C14H20N2O4S/c1-7-5-16(6-8(2)20-7)14(19)15-12-11(13(17)18)9(3)10(4)21-12/h7-8H,5-6H2,1-4H3,(H,15,19)(H,17,18)/t7-,8+. The lowest BCUT2D eigenvalue weighted by Crippen LogP contribution is -2.49. The van der Waals surface area contributed by atoms with Crippen molar-refractivity contribution < 1.29 is 19.4 Å². The molecule has 0 bridgehead atoms. The number of nitrogens with zero attached hydrogens (tertiary/aromatic N) is 1. The van der Waals surface area contributed by atoms with Gasteiger partial charge in [0.25, 0.3) is 0 Å². The average Bonchev–Trinajstić information content (AvgIpc) is 2.63. The van der Waals surface area contributed by atoms with E-state index in [0.717, 1.165) is 4.88 Å². The lowest BCUT2D eigenvalue weighted by Gasteiger charge is -2.35. The van der Waals surface area contributed by atoms with Gasteiger partial charge >= 0.3 is 12.0 Å². The minimum atomic E-state index is -1.02. The van der Waals surface area contributed by atoms with Crippen LogP contribution < -0.4 is 5.32 Å². The molecule has 1 aromatic rings. The number of carbonyl (C=O) groups excluding carboxylic acids is 1. The van der Waals surface area contributed by atoms with Gasteiger partial charge in [-0.05, 0) is 33.3 Å². The zero-order valence-corrected chi connectivity index (χ0v) is 13.4. The normalized spacial score (nSPS) is 22.2. The Bertz CT molecular complexity index is 560. The SMILES string of the molecule is Cc1sc(NC(=O)N2C[C@@H](C)O[C@@H](C)C2)c(C(=O)O)c1C. The number of nitrogens with one attached hydrogen (secondary N) is 1. The predicted octanol–water partition coefficient (Wildman–Crippen LogP) is 2.70. The summed E-state index contributed by atoms with van der Waals surface area (Å²) >= 11 is 1.29. The van der Waals surface area contributed by atoms with E-state index in [-0.39, 0.29) is 23.8 Å². The van der Waals surface area contributed by atoms with Gasteiger partial charge in [0.1, 0.15) is 5.00 Å². The molecule has 7 heteroatoms. The molecule has 1 fully saturated rings. The van der Waals surface area contributed by atoms with E-state index < -0.39 is 5.97 Å². The molecule has 0 spiro atoms. The van der Waals surface area contributed by atoms with Gasteiger partial charge in [0, 0.05) is 18.0 Å². The number of thiophene rings is 1. The van der Waals surface area contributed by atoms with Crippen molar-refractivity contribution in [2.45, 2.75) is 39.9 Å². The van der Waals surface area contributed by atoms with Gasteiger partial charge in [0.15, 0.2) is 0 Å². The maximum Gasteiger partial charge on any atom is 0.338 e. The first kappa shape index (κ1) is 15.8. The van der Waals surface area contributed by atoms with Crippen molar-refractivity contribution in [3.63, 3.8) is 0 Å². The number of ether oxygens (including phenoxy) is 1. The van der Waals surface area contributed by atoms with Crippen molar-refractivity contribution in [2.75, 3.05) is 18.4 Å². The van der Waals surface area contributed by atoms with E-state index in [4.69, 9.17) is 4.74 Å². The molecule has 2 rings (SSSR count). The number of hydrogen-bond donors (Lipinski definition) is 2. The number of aromatic carboxylic acids is 1. The molecule has 116 valence electrons. The molecule has 0 aromatic carbocycles. The highest BCUT2D eigenvalue weighted by molar-refractivity contribution is 7.16.